The van der Waals surface area contributed by atoms with Crippen LogP contribution in [0.2, 0.25) is 0 Å². The summed E-state index contributed by atoms with van der Waals surface area (Å²) < 4.78 is 5.34. The molecule has 4 N–H and O–H groups in total. The lowest BCUT2D eigenvalue weighted by molar-refractivity contribution is -0.111. The molecule has 1 unspecified atom stereocenters. The molecule has 176 valence electrons. The minimum absolute atomic E-state index is 0.260. The van der Waals surface area contributed by atoms with Crippen LogP contribution in [0.1, 0.15) is 18.4 Å². The van der Waals surface area contributed by atoms with Crippen LogP contribution in [0.5, 0.6) is 5.75 Å². The molecule has 33 heavy (non-hydrogen) atoms. The SMILES string of the molecule is COc1cccc(NC(C=O)C2(CN(C)c3ccc(/C(C=N)=C/N)cn3)CCN(C)CC2)c1. The number of hydrogen-bond donors (Lipinski definition) is 3. The molecule has 1 aromatic carbocycles. The first-order chi connectivity index (χ1) is 15.9. The minimum atomic E-state index is -0.357. The number of carbonyl (C=O) groups excluding carboxylic acids is 1. The topological polar surface area (TPSA) is 108 Å². The number of benzene rings is 1. The normalized spacial score (nSPS) is 17.1. The first kappa shape index (κ1) is 24.3. The summed E-state index contributed by atoms with van der Waals surface area (Å²) in [7, 11) is 5.76. The molecule has 0 spiro atoms. The molecule has 0 aliphatic carbocycles. The van der Waals surface area contributed by atoms with Gasteiger partial charge >= 0.3 is 0 Å². The van der Waals surface area contributed by atoms with Crippen LogP contribution in [0.4, 0.5) is 11.5 Å². The van der Waals surface area contributed by atoms with E-state index in [0.717, 1.165) is 55.0 Å². The largest absolute Gasteiger partial charge is 0.497 e. The maximum absolute atomic E-state index is 12.4. The highest BCUT2D eigenvalue weighted by atomic mass is 16.5. The van der Waals surface area contributed by atoms with E-state index < -0.39 is 0 Å². The zero-order valence-electron chi connectivity index (χ0n) is 19.6. The van der Waals surface area contributed by atoms with E-state index in [1.54, 1.807) is 13.3 Å². The lowest BCUT2D eigenvalue weighted by atomic mass is 9.72. The third kappa shape index (κ3) is 5.70. The Hall–Kier alpha value is -3.39. The number of piperidine rings is 1. The van der Waals surface area contributed by atoms with Gasteiger partial charge in [-0.15, -0.1) is 0 Å². The fourth-order valence-corrected chi connectivity index (χ4v) is 4.42. The molecule has 2 aromatic rings. The second-order valence-electron chi connectivity index (χ2n) is 8.68. The van der Waals surface area contributed by atoms with Gasteiger partial charge in [-0.2, -0.15) is 0 Å². The first-order valence-corrected chi connectivity index (χ1v) is 11.1. The molecule has 3 rings (SSSR count). The summed E-state index contributed by atoms with van der Waals surface area (Å²) in [6.45, 7) is 2.53. The monoisotopic (exact) mass is 450 g/mol. The Morgan fingerprint density at radius 1 is 1.36 bits per heavy atom. The number of anilines is 2. The molecule has 8 nitrogen and oxygen atoms in total. The van der Waals surface area contributed by atoms with Gasteiger partial charge in [-0.05, 0) is 57.2 Å². The van der Waals surface area contributed by atoms with Gasteiger partial charge in [-0.3, -0.25) is 0 Å². The maximum Gasteiger partial charge on any atom is 0.142 e. The lowest BCUT2D eigenvalue weighted by Crippen LogP contribution is -2.54. The number of aldehydes is 1. The second kappa shape index (κ2) is 11.0. The molecule has 0 radical (unpaired) electrons. The highest BCUT2D eigenvalue weighted by molar-refractivity contribution is 6.07. The molecule has 1 aliphatic rings. The predicted molar refractivity (Wildman–Crippen MR) is 134 cm³/mol. The zero-order chi connectivity index (χ0) is 23.8. The van der Waals surface area contributed by atoms with Crippen molar-refractivity contribution in [1.82, 2.24) is 9.88 Å². The van der Waals surface area contributed by atoms with Crippen LogP contribution in [0.3, 0.4) is 0 Å². The summed E-state index contributed by atoms with van der Waals surface area (Å²) in [5.74, 6) is 1.56. The quantitative estimate of drug-likeness (QED) is 0.377. The number of nitrogens with two attached hydrogens (primary N) is 1. The number of hydrogen-bond acceptors (Lipinski definition) is 8. The minimum Gasteiger partial charge on any atom is -0.497 e. The summed E-state index contributed by atoms with van der Waals surface area (Å²) in [5, 5.41) is 10.9. The molecule has 0 saturated carbocycles. The number of methoxy groups -OCH3 is 1. The zero-order valence-corrected chi connectivity index (χ0v) is 19.6. The predicted octanol–water partition coefficient (Wildman–Crippen LogP) is 2.87. The van der Waals surface area contributed by atoms with E-state index in [2.05, 4.69) is 27.1 Å². The van der Waals surface area contributed by atoms with Gasteiger partial charge in [0.05, 0.1) is 13.2 Å². The molecule has 1 fully saturated rings. The van der Waals surface area contributed by atoms with E-state index in [0.29, 0.717) is 12.1 Å². The van der Waals surface area contributed by atoms with Crippen molar-refractivity contribution in [2.75, 3.05) is 51.1 Å². The highest BCUT2D eigenvalue weighted by Gasteiger charge is 2.42. The third-order valence-electron chi connectivity index (χ3n) is 6.53. The molecular weight excluding hydrogens is 416 g/mol. The molecule has 1 aromatic heterocycles. The van der Waals surface area contributed by atoms with Gasteiger partial charge in [0, 0.05) is 60.5 Å². The average Bonchev–Trinajstić information content (AvgIpc) is 2.85. The summed E-state index contributed by atoms with van der Waals surface area (Å²) in [5.41, 5.74) is 7.61. The average molecular weight is 451 g/mol. The van der Waals surface area contributed by atoms with Crippen LogP contribution in [-0.4, -0.2) is 69.3 Å². The summed E-state index contributed by atoms with van der Waals surface area (Å²) in [6.07, 6.45) is 7.16. The summed E-state index contributed by atoms with van der Waals surface area (Å²) >= 11 is 0. The number of rotatable bonds is 10. The van der Waals surface area contributed by atoms with Crippen LogP contribution in [0, 0.1) is 10.8 Å². The van der Waals surface area contributed by atoms with E-state index in [1.807, 2.05) is 43.4 Å². The van der Waals surface area contributed by atoms with Gasteiger partial charge in [0.15, 0.2) is 0 Å². The standard InChI is InChI=1S/C25H34N6O2/c1-30-11-9-25(10-12-30,23(17-32)29-21-5-4-6-22(13-21)33-3)18-31(2)24-8-7-19(16-28-24)20(14-26)15-27/h4-8,13-17,23,26,29H,9-12,18,27H2,1-3H3/b20-15+,26-14?. The number of carbonyl (C=O) groups is 1. The van der Waals surface area contributed by atoms with Crippen molar-refractivity contribution in [3.8, 4) is 5.75 Å². The van der Waals surface area contributed by atoms with Crippen molar-refractivity contribution in [3.05, 3.63) is 54.4 Å². The van der Waals surface area contributed by atoms with Gasteiger partial charge in [-0.1, -0.05) is 6.07 Å². The molecule has 1 saturated heterocycles. The summed E-state index contributed by atoms with van der Waals surface area (Å²) in [6, 6.07) is 11.2. The van der Waals surface area contributed by atoms with E-state index >= 15 is 0 Å². The van der Waals surface area contributed by atoms with Crippen molar-refractivity contribution in [2.45, 2.75) is 18.9 Å². The Morgan fingerprint density at radius 3 is 2.70 bits per heavy atom. The van der Waals surface area contributed by atoms with Gasteiger partial charge < -0.3 is 35.8 Å². The van der Waals surface area contributed by atoms with Crippen molar-refractivity contribution in [1.29, 1.82) is 5.41 Å². The van der Waals surface area contributed by atoms with E-state index in [1.165, 1.54) is 12.4 Å². The van der Waals surface area contributed by atoms with Crippen LogP contribution >= 0.6 is 0 Å². The number of nitrogens with one attached hydrogen (secondary N) is 2. The number of likely N-dealkylation sites (tertiary alicyclic amines) is 1. The Bertz CT molecular complexity index is 967. The number of ether oxygens (including phenoxy) is 1. The van der Waals surface area contributed by atoms with Gasteiger partial charge in [-0.25, -0.2) is 4.98 Å². The third-order valence-corrected chi connectivity index (χ3v) is 6.53. The van der Waals surface area contributed by atoms with Crippen LogP contribution in [-0.2, 0) is 4.79 Å². The smallest absolute Gasteiger partial charge is 0.142 e. The van der Waals surface area contributed by atoms with Crippen LogP contribution < -0.4 is 20.7 Å². The number of pyridine rings is 1. The highest BCUT2D eigenvalue weighted by Crippen LogP contribution is 2.37. The second-order valence-corrected chi connectivity index (χ2v) is 8.68. The fraction of sp³-hybridized carbons (Fsp3) is 0.400. The van der Waals surface area contributed by atoms with E-state index in [-0.39, 0.29) is 11.5 Å². The molecule has 2 heterocycles. The Labute approximate surface area is 195 Å². The molecule has 1 aliphatic heterocycles. The van der Waals surface area contributed by atoms with Crippen LogP contribution in [0.25, 0.3) is 5.57 Å². The Balaban J connectivity index is 1.84. The van der Waals surface area contributed by atoms with Crippen molar-refractivity contribution in [3.63, 3.8) is 0 Å². The van der Waals surface area contributed by atoms with E-state index in [9.17, 15) is 4.79 Å². The molecular formula is C25H34N6O2. The van der Waals surface area contributed by atoms with Crippen molar-refractivity contribution in [2.24, 2.45) is 11.1 Å². The number of nitrogens with zero attached hydrogens (tertiary/aromatic N) is 3. The van der Waals surface area contributed by atoms with Gasteiger partial charge in [0.1, 0.15) is 17.9 Å². The molecule has 8 heteroatoms. The van der Waals surface area contributed by atoms with E-state index in [4.69, 9.17) is 15.9 Å². The molecule has 0 bridgehead atoms. The maximum atomic E-state index is 12.4. The summed E-state index contributed by atoms with van der Waals surface area (Å²) in [4.78, 5) is 21.4. The van der Waals surface area contributed by atoms with Gasteiger partial charge in [0.25, 0.3) is 0 Å². The molecule has 0 amide bonds. The first-order valence-electron chi connectivity index (χ1n) is 11.1. The Kier molecular flexibility index (Phi) is 8.06. The van der Waals surface area contributed by atoms with Gasteiger partial charge in [0.2, 0.25) is 0 Å². The fourth-order valence-electron chi connectivity index (χ4n) is 4.42. The van der Waals surface area contributed by atoms with Crippen LogP contribution in [0.15, 0.2) is 48.8 Å². The molecule has 1 atom stereocenters. The van der Waals surface area contributed by atoms with Crippen molar-refractivity contribution >= 4 is 29.6 Å². The number of aromatic nitrogens is 1. The lowest BCUT2D eigenvalue weighted by Gasteiger charge is -2.46. The van der Waals surface area contributed by atoms with Crippen molar-refractivity contribution < 1.29 is 9.53 Å². The Morgan fingerprint density at radius 2 is 2.12 bits per heavy atom. The number of allylic oxidation sites excluding steroid dienone is 1.